The van der Waals surface area contributed by atoms with Crippen molar-refractivity contribution in [1.82, 2.24) is 19.9 Å². The number of ether oxygens (including phenoxy) is 1. The molecule has 0 radical (unpaired) electrons. The third-order valence-corrected chi connectivity index (χ3v) is 4.16. The number of pyridine rings is 1. The average Bonchev–Trinajstić information content (AvgIpc) is 3.29. The Hall–Kier alpha value is -2.88. The van der Waals surface area contributed by atoms with E-state index < -0.39 is 12.7 Å². The highest BCUT2D eigenvalue weighted by Crippen LogP contribution is 2.25. The quantitative estimate of drug-likeness (QED) is 0.632. The molecule has 1 atom stereocenters. The van der Waals surface area contributed by atoms with E-state index in [0.717, 1.165) is 29.7 Å². The molecular formula is C17H17F3N6O. The molecule has 7 nitrogen and oxygen atoms in total. The summed E-state index contributed by atoms with van der Waals surface area (Å²) in [6.45, 7) is 0.211. The fourth-order valence-corrected chi connectivity index (χ4v) is 2.87. The van der Waals surface area contributed by atoms with Crippen LogP contribution in [-0.4, -0.2) is 51.9 Å². The lowest BCUT2D eigenvalue weighted by Crippen LogP contribution is -2.22. The largest absolute Gasteiger partial charge is 0.405 e. The van der Waals surface area contributed by atoms with E-state index in [1.807, 2.05) is 12.1 Å². The number of rotatable bonds is 5. The lowest BCUT2D eigenvalue weighted by molar-refractivity contribution is -0.115. The molecule has 4 heterocycles. The highest BCUT2D eigenvalue weighted by Gasteiger charge is 2.27. The molecule has 4 rings (SSSR count). The molecule has 1 unspecified atom stereocenters. The second-order valence-electron chi connectivity index (χ2n) is 6.28. The lowest BCUT2D eigenvalue weighted by atomic mass is 10.2. The predicted octanol–water partition coefficient (Wildman–Crippen LogP) is 3.19. The summed E-state index contributed by atoms with van der Waals surface area (Å²) in [5.41, 5.74) is 2.01. The zero-order valence-electron chi connectivity index (χ0n) is 14.2. The van der Waals surface area contributed by atoms with Crippen molar-refractivity contribution in [2.24, 2.45) is 0 Å². The summed E-state index contributed by atoms with van der Waals surface area (Å²) in [4.78, 5) is 15.6. The van der Waals surface area contributed by atoms with Gasteiger partial charge in [0.25, 0.3) is 0 Å². The summed E-state index contributed by atoms with van der Waals surface area (Å²) in [6, 6.07) is 5.61. The van der Waals surface area contributed by atoms with E-state index in [9.17, 15) is 13.2 Å². The van der Waals surface area contributed by atoms with E-state index in [1.54, 1.807) is 12.3 Å². The van der Waals surface area contributed by atoms with Crippen molar-refractivity contribution in [3.05, 3.63) is 30.6 Å². The zero-order valence-corrected chi connectivity index (χ0v) is 14.2. The maximum atomic E-state index is 12.3. The van der Waals surface area contributed by atoms with E-state index in [2.05, 4.69) is 30.6 Å². The number of aromatic nitrogens is 4. The molecule has 1 saturated heterocycles. The molecule has 10 heteroatoms. The number of anilines is 2. The number of halogens is 3. The molecule has 3 aromatic rings. The van der Waals surface area contributed by atoms with Crippen LogP contribution in [0.5, 0.6) is 0 Å². The van der Waals surface area contributed by atoms with E-state index in [0.29, 0.717) is 18.0 Å². The zero-order chi connectivity index (χ0) is 18.9. The Bertz CT molecular complexity index is 936. The summed E-state index contributed by atoms with van der Waals surface area (Å²) < 4.78 is 42.4. The first-order valence-corrected chi connectivity index (χ1v) is 8.43. The average molecular weight is 378 g/mol. The van der Waals surface area contributed by atoms with Crippen molar-refractivity contribution in [2.75, 3.05) is 30.4 Å². The van der Waals surface area contributed by atoms with E-state index in [-0.39, 0.29) is 12.0 Å². The van der Waals surface area contributed by atoms with E-state index in [1.165, 1.54) is 6.20 Å². The molecule has 3 N–H and O–H groups in total. The molecule has 1 aliphatic heterocycles. The third-order valence-electron chi connectivity index (χ3n) is 4.16. The number of fused-ring (bicyclic) bond motifs is 1. The van der Waals surface area contributed by atoms with Gasteiger partial charge in [-0.1, -0.05) is 0 Å². The molecule has 1 fully saturated rings. The van der Waals surface area contributed by atoms with Gasteiger partial charge in [-0.2, -0.15) is 13.2 Å². The van der Waals surface area contributed by atoms with Crippen LogP contribution >= 0.6 is 0 Å². The third kappa shape index (κ3) is 4.27. The second-order valence-corrected chi connectivity index (χ2v) is 6.28. The molecular weight excluding hydrogens is 361 g/mol. The molecule has 0 aromatic carbocycles. The Labute approximate surface area is 152 Å². The molecule has 1 aliphatic rings. The molecule has 142 valence electrons. The first-order valence-electron chi connectivity index (χ1n) is 8.43. The van der Waals surface area contributed by atoms with Gasteiger partial charge in [0.2, 0.25) is 5.95 Å². The maximum absolute atomic E-state index is 12.3. The Balaban J connectivity index is 1.54. The highest BCUT2D eigenvalue weighted by molar-refractivity contribution is 5.86. The fraction of sp³-hybridized carbons (Fsp3) is 0.353. The fourth-order valence-electron chi connectivity index (χ4n) is 2.87. The van der Waals surface area contributed by atoms with Crippen molar-refractivity contribution in [2.45, 2.75) is 18.6 Å². The smallest absolute Gasteiger partial charge is 0.379 e. The SMILES string of the molecule is FC(F)(F)CNc1nccc(-c2cc3cnc(NC4CCOC4)cc3[nH]2)n1. The van der Waals surface area contributed by atoms with Gasteiger partial charge in [-0.15, -0.1) is 0 Å². The van der Waals surface area contributed by atoms with Gasteiger partial charge in [-0.3, -0.25) is 0 Å². The van der Waals surface area contributed by atoms with Gasteiger partial charge in [-0.25, -0.2) is 15.0 Å². The summed E-state index contributed by atoms with van der Waals surface area (Å²) in [6.07, 6.45) is -0.250. The Morgan fingerprint density at radius 2 is 2.15 bits per heavy atom. The van der Waals surface area contributed by atoms with Crippen LogP contribution in [0.2, 0.25) is 0 Å². The molecule has 0 spiro atoms. The summed E-state index contributed by atoms with van der Waals surface area (Å²) >= 11 is 0. The minimum atomic E-state index is -4.33. The van der Waals surface area contributed by atoms with Crippen LogP contribution in [0.15, 0.2) is 30.6 Å². The van der Waals surface area contributed by atoms with Gasteiger partial charge >= 0.3 is 6.18 Å². The van der Waals surface area contributed by atoms with Crippen molar-refractivity contribution in [1.29, 1.82) is 0 Å². The van der Waals surface area contributed by atoms with Crippen molar-refractivity contribution in [3.8, 4) is 11.4 Å². The Kier molecular flexibility index (Phi) is 4.56. The topological polar surface area (TPSA) is 87.8 Å². The van der Waals surface area contributed by atoms with Gasteiger partial charge in [-0.05, 0) is 18.6 Å². The Morgan fingerprint density at radius 1 is 1.26 bits per heavy atom. The van der Waals surface area contributed by atoms with Crippen LogP contribution in [-0.2, 0) is 4.74 Å². The number of alkyl halides is 3. The van der Waals surface area contributed by atoms with Gasteiger partial charge in [0.05, 0.1) is 29.6 Å². The monoisotopic (exact) mass is 378 g/mol. The molecule has 0 saturated carbocycles. The van der Waals surface area contributed by atoms with Crippen LogP contribution in [0.4, 0.5) is 24.9 Å². The van der Waals surface area contributed by atoms with Gasteiger partial charge in [0.15, 0.2) is 0 Å². The van der Waals surface area contributed by atoms with E-state index in [4.69, 9.17) is 4.74 Å². The van der Waals surface area contributed by atoms with Crippen LogP contribution in [0.25, 0.3) is 22.3 Å². The minimum absolute atomic E-state index is 0.0785. The first-order chi connectivity index (χ1) is 13.0. The standard InChI is InChI=1S/C17H17F3N6O/c18-17(19,20)9-23-16-21-3-1-12(26-16)14-5-10-7-22-15(6-13(10)25-14)24-11-2-4-27-8-11/h1,3,5-7,11,25H,2,4,8-9H2,(H,22,24)(H,21,23,26). The van der Waals surface area contributed by atoms with Gasteiger partial charge in [0, 0.05) is 30.5 Å². The van der Waals surface area contributed by atoms with Crippen LogP contribution < -0.4 is 10.6 Å². The molecule has 0 aliphatic carbocycles. The number of nitrogens with one attached hydrogen (secondary N) is 3. The summed E-state index contributed by atoms with van der Waals surface area (Å²) in [5, 5.41) is 6.38. The van der Waals surface area contributed by atoms with Crippen LogP contribution in [0.3, 0.4) is 0 Å². The summed E-state index contributed by atoms with van der Waals surface area (Å²) in [7, 11) is 0. The van der Waals surface area contributed by atoms with Crippen molar-refractivity contribution >= 4 is 22.7 Å². The van der Waals surface area contributed by atoms with Crippen LogP contribution in [0.1, 0.15) is 6.42 Å². The number of nitrogens with zero attached hydrogens (tertiary/aromatic N) is 3. The Morgan fingerprint density at radius 3 is 2.93 bits per heavy atom. The van der Waals surface area contributed by atoms with Gasteiger partial charge in [0.1, 0.15) is 12.4 Å². The lowest BCUT2D eigenvalue weighted by Gasteiger charge is -2.10. The highest BCUT2D eigenvalue weighted by atomic mass is 19.4. The number of H-pyrrole nitrogens is 1. The van der Waals surface area contributed by atoms with E-state index >= 15 is 0 Å². The van der Waals surface area contributed by atoms with Crippen LogP contribution in [0, 0.1) is 0 Å². The molecule has 0 bridgehead atoms. The maximum Gasteiger partial charge on any atom is 0.405 e. The molecule has 3 aromatic heterocycles. The second kappa shape index (κ2) is 7.03. The summed E-state index contributed by atoms with van der Waals surface area (Å²) in [5.74, 6) is 0.659. The van der Waals surface area contributed by atoms with Gasteiger partial charge < -0.3 is 20.4 Å². The normalized spacial score (nSPS) is 17.4. The molecule has 0 amide bonds. The number of hydrogen-bond acceptors (Lipinski definition) is 6. The predicted molar refractivity (Wildman–Crippen MR) is 94.5 cm³/mol. The number of aromatic amines is 1. The van der Waals surface area contributed by atoms with Crippen molar-refractivity contribution in [3.63, 3.8) is 0 Å². The molecule has 27 heavy (non-hydrogen) atoms. The minimum Gasteiger partial charge on any atom is -0.379 e. The number of hydrogen-bond donors (Lipinski definition) is 3. The first kappa shape index (κ1) is 17.5. The van der Waals surface area contributed by atoms with Crippen molar-refractivity contribution < 1.29 is 17.9 Å².